The molecule has 2 rings (SSSR count). The van der Waals surface area contributed by atoms with E-state index in [0.29, 0.717) is 18.5 Å². The number of nitrogens with one attached hydrogen (secondary N) is 2. The van der Waals surface area contributed by atoms with Gasteiger partial charge in [-0.1, -0.05) is 12.1 Å². The third kappa shape index (κ3) is 6.29. The van der Waals surface area contributed by atoms with E-state index in [4.69, 9.17) is 4.74 Å². The fourth-order valence-electron chi connectivity index (χ4n) is 2.02. The van der Waals surface area contributed by atoms with Crippen molar-refractivity contribution in [2.75, 3.05) is 12.8 Å². The molecule has 1 fully saturated rings. The highest BCUT2D eigenvalue weighted by atomic mass is 32.2. The molecule has 132 valence electrons. The topological polar surface area (TPSA) is 102 Å². The fraction of sp³-hybridized carbons (Fsp3) is 0.500. The van der Waals surface area contributed by atoms with Crippen molar-refractivity contribution in [1.82, 2.24) is 10.0 Å². The van der Waals surface area contributed by atoms with Crippen molar-refractivity contribution in [2.45, 2.75) is 38.3 Å². The lowest BCUT2D eigenvalue weighted by Gasteiger charge is -2.13. The summed E-state index contributed by atoms with van der Waals surface area (Å²) in [6.07, 6.45) is 2.73. The largest absolute Gasteiger partial charge is 0.449 e. The second-order valence-electron chi connectivity index (χ2n) is 5.94. The number of amides is 1. The predicted octanol–water partition coefficient (Wildman–Crippen LogP) is 0.602. The van der Waals surface area contributed by atoms with Crippen molar-refractivity contribution >= 4 is 21.9 Å². The number of ether oxygens (including phenoxy) is 1. The van der Waals surface area contributed by atoms with Gasteiger partial charge in [0.05, 0.1) is 11.8 Å². The molecule has 1 saturated carbocycles. The zero-order valence-corrected chi connectivity index (χ0v) is 14.6. The predicted molar refractivity (Wildman–Crippen MR) is 89.0 cm³/mol. The van der Waals surface area contributed by atoms with Crippen LogP contribution in [0.4, 0.5) is 0 Å². The maximum Gasteiger partial charge on any atom is 0.338 e. The normalized spacial score (nSPS) is 15.6. The maximum atomic E-state index is 12.0. The van der Waals surface area contributed by atoms with Crippen LogP contribution in [0.2, 0.25) is 0 Å². The standard InChI is InChI=1S/C16H22N2O5S/c1-11(15(19)18-14-7-8-14)23-16(20)13-5-3-12(4-6-13)9-10-17-24(2,21)22/h3-6,11,14,17H,7-10H2,1-2H3,(H,18,19). The Balaban J connectivity index is 1.82. The van der Waals surface area contributed by atoms with Gasteiger partial charge in [0.1, 0.15) is 0 Å². The van der Waals surface area contributed by atoms with E-state index in [9.17, 15) is 18.0 Å². The van der Waals surface area contributed by atoms with Gasteiger partial charge in [-0.3, -0.25) is 4.79 Å². The Morgan fingerprint density at radius 3 is 2.42 bits per heavy atom. The fourth-order valence-corrected chi connectivity index (χ4v) is 2.49. The summed E-state index contributed by atoms with van der Waals surface area (Å²) in [7, 11) is -3.20. The van der Waals surface area contributed by atoms with Gasteiger partial charge in [-0.15, -0.1) is 0 Å². The van der Waals surface area contributed by atoms with E-state index in [0.717, 1.165) is 24.7 Å². The number of carbonyl (C=O) groups excluding carboxylic acids is 2. The zero-order valence-electron chi connectivity index (χ0n) is 13.7. The molecule has 1 amide bonds. The second kappa shape index (κ2) is 7.76. The molecular formula is C16H22N2O5S. The van der Waals surface area contributed by atoms with E-state index in [-0.39, 0.29) is 11.9 Å². The molecule has 0 radical (unpaired) electrons. The Labute approximate surface area is 141 Å². The van der Waals surface area contributed by atoms with E-state index in [1.165, 1.54) is 0 Å². The Morgan fingerprint density at radius 2 is 1.88 bits per heavy atom. The van der Waals surface area contributed by atoms with E-state index < -0.39 is 22.1 Å². The molecule has 0 aliphatic heterocycles. The third-order valence-electron chi connectivity index (χ3n) is 3.54. The van der Waals surface area contributed by atoms with Crippen LogP contribution in [-0.2, 0) is 26.0 Å². The lowest BCUT2D eigenvalue weighted by Crippen LogP contribution is -2.37. The molecule has 1 aliphatic rings. The van der Waals surface area contributed by atoms with Gasteiger partial charge in [0.15, 0.2) is 6.10 Å². The molecule has 1 atom stereocenters. The van der Waals surface area contributed by atoms with Gasteiger partial charge < -0.3 is 10.1 Å². The number of sulfonamides is 1. The van der Waals surface area contributed by atoms with Crippen LogP contribution in [0.5, 0.6) is 0 Å². The van der Waals surface area contributed by atoms with Crippen molar-refractivity contribution in [3.8, 4) is 0 Å². The van der Waals surface area contributed by atoms with Gasteiger partial charge in [-0.25, -0.2) is 17.9 Å². The summed E-state index contributed by atoms with van der Waals surface area (Å²) in [5.74, 6) is -0.844. The Kier molecular flexibility index (Phi) is 5.95. The molecule has 1 aliphatic carbocycles. The smallest absolute Gasteiger partial charge is 0.338 e. The first-order valence-corrected chi connectivity index (χ1v) is 9.68. The van der Waals surface area contributed by atoms with Crippen molar-refractivity contribution in [3.63, 3.8) is 0 Å². The molecule has 1 unspecified atom stereocenters. The van der Waals surface area contributed by atoms with Gasteiger partial charge in [-0.2, -0.15) is 0 Å². The lowest BCUT2D eigenvalue weighted by atomic mass is 10.1. The summed E-state index contributed by atoms with van der Waals surface area (Å²) in [5.41, 5.74) is 1.24. The van der Waals surface area contributed by atoms with Crippen molar-refractivity contribution < 1.29 is 22.7 Å². The molecule has 0 bridgehead atoms. The summed E-state index contributed by atoms with van der Waals surface area (Å²) in [6, 6.07) is 6.89. The average molecular weight is 354 g/mol. The highest BCUT2D eigenvalue weighted by Crippen LogP contribution is 2.19. The van der Waals surface area contributed by atoms with E-state index in [1.807, 2.05) is 0 Å². The number of rotatable bonds is 8. The van der Waals surface area contributed by atoms with Crippen molar-refractivity contribution in [3.05, 3.63) is 35.4 Å². The van der Waals surface area contributed by atoms with Crippen LogP contribution in [0.15, 0.2) is 24.3 Å². The SMILES string of the molecule is CC(OC(=O)c1ccc(CCNS(C)(=O)=O)cc1)C(=O)NC1CC1. The quantitative estimate of drug-likeness (QED) is 0.666. The van der Waals surface area contributed by atoms with Gasteiger partial charge in [0.25, 0.3) is 5.91 Å². The molecule has 0 saturated heterocycles. The number of hydrogen-bond donors (Lipinski definition) is 2. The second-order valence-corrected chi connectivity index (χ2v) is 7.78. The van der Waals surface area contributed by atoms with Crippen LogP contribution >= 0.6 is 0 Å². The summed E-state index contributed by atoms with van der Waals surface area (Å²) in [5, 5.41) is 2.78. The molecule has 8 heteroatoms. The molecule has 0 spiro atoms. The van der Waals surface area contributed by atoms with Gasteiger partial charge in [0, 0.05) is 12.6 Å². The number of carbonyl (C=O) groups is 2. The Bertz CT molecular complexity index is 696. The third-order valence-corrected chi connectivity index (χ3v) is 4.27. The highest BCUT2D eigenvalue weighted by Gasteiger charge is 2.27. The van der Waals surface area contributed by atoms with Crippen LogP contribution in [0.1, 0.15) is 35.7 Å². The first-order chi connectivity index (χ1) is 11.2. The van der Waals surface area contributed by atoms with Crippen LogP contribution < -0.4 is 10.0 Å². The minimum Gasteiger partial charge on any atom is -0.449 e. The monoisotopic (exact) mass is 354 g/mol. The van der Waals surface area contributed by atoms with Crippen LogP contribution in [0.3, 0.4) is 0 Å². The molecule has 0 heterocycles. The molecular weight excluding hydrogens is 332 g/mol. The first-order valence-electron chi connectivity index (χ1n) is 7.79. The highest BCUT2D eigenvalue weighted by molar-refractivity contribution is 7.88. The average Bonchev–Trinajstić information content (AvgIpc) is 3.30. The van der Waals surface area contributed by atoms with Crippen LogP contribution in [0.25, 0.3) is 0 Å². The van der Waals surface area contributed by atoms with Crippen LogP contribution in [0, 0.1) is 0 Å². The van der Waals surface area contributed by atoms with Gasteiger partial charge in [0.2, 0.25) is 10.0 Å². The summed E-state index contributed by atoms with van der Waals surface area (Å²) < 4.78 is 29.5. The Hall–Kier alpha value is -1.93. The number of hydrogen-bond acceptors (Lipinski definition) is 5. The maximum absolute atomic E-state index is 12.0. The molecule has 7 nitrogen and oxygen atoms in total. The van der Waals surface area contributed by atoms with Gasteiger partial charge >= 0.3 is 5.97 Å². The zero-order chi connectivity index (χ0) is 17.7. The van der Waals surface area contributed by atoms with E-state index >= 15 is 0 Å². The van der Waals surface area contributed by atoms with Crippen molar-refractivity contribution in [1.29, 1.82) is 0 Å². The van der Waals surface area contributed by atoms with Gasteiger partial charge in [-0.05, 0) is 43.9 Å². The van der Waals surface area contributed by atoms with Crippen molar-refractivity contribution in [2.24, 2.45) is 0 Å². The summed E-state index contributed by atoms with van der Waals surface area (Å²) >= 11 is 0. The van der Waals surface area contributed by atoms with E-state index in [2.05, 4.69) is 10.0 Å². The molecule has 1 aromatic rings. The summed E-state index contributed by atoms with van der Waals surface area (Å²) in [4.78, 5) is 23.8. The van der Waals surface area contributed by atoms with E-state index in [1.54, 1.807) is 31.2 Å². The summed E-state index contributed by atoms with van der Waals surface area (Å²) in [6.45, 7) is 1.84. The minimum absolute atomic E-state index is 0.221. The number of benzene rings is 1. The number of esters is 1. The first kappa shape index (κ1) is 18.4. The Morgan fingerprint density at radius 1 is 1.25 bits per heavy atom. The van der Waals surface area contributed by atoms with Crippen LogP contribution in [-0.4, -0.2) is 45.2 Å². The molecule has 24 heavy (non-hydrogen) atoms. The molecule has 0 aromatic heterocycles. The molecule has 2 N–H and O–H groups in total. The minimum atomic E-state index is -3.20. The molecule has 1 aromatic carbocycles. The lowest BCUT2D eigenvalue weighted by molar-refractivity contribution is -0.129.